The zero-order valence-electron chi connectivity index (χ0n) is 15.0. The molecule has 1 saturated heterocycles. The van der Waals surface area contributed by atoms with Crippen LogP contribution >= 0.6 is 0 Å². The summed E-state index contributed by atoms with van der Waals surface area (Å²) in [6.45, 7) is 4.71. The van der Waals surface area contributed by atoms with Gasteiger partial charge in [0.1, 0.15) is 0 Å². The number of rotatable bonds is 3. The summed E-state index contributed by atoms with van der Waals surface area (Å²) in [7, 11) is -4.65. The number of nitrogens with zero attached hydrogens (tertiary/aromatic N) is 2. The van der Waals surface area contributed by atoms with Crippen LogP contribution in [0.5, 0.6) is 0 Å². The minimum absolute atomic E-state index is 0.101. The Balaban J connectivity index is 2.04. The average molecular weight is 388 g/mol. The van der Waals surface area contributed by atoms with Crippen LogP contribution in [-0.2, 0) is 26.2 Å². The van der Waals surface area contributed by atoms with Gasteiger partial charge in [-0.2, -0.15) is 0 Å². The smallest absolute Gasteiger partial charge is 0.193 e. The van der Waals surface area contributed by atoms with Crippen molar-refractivity contribution in [1.29, 1.82) is 0 Å². The van der Waals surface area contributed by atoms with E-state index in [0.29, 0.717) is 25.6 Å². The first kappa shape index (κ1) is 19.7. The fraction of sp³-hybridized carbons (Fsp3) is 0.562. The average Bonchev–Trinajstić information content (AvgIpc) is 2.51. The molecule has 0 spiro atoms. The van der Waals surface area contributed by atoms with Crippen molar-refractivity contribution in [3.63, 3.8) is 0 Å². The molecule has 1 fully saturated rings. The lowest BCUT2D eigenvalue weighted by molar-refractivity contribution is 0.353. The fourth-order valence-electron chi connectivity index (χ4n) is 2.69. The molecule has 1 aliphatic heterocycles. The van der Waals surface area contributed by atoms with E-state index in [4.69, 9.17) is 0 Å². The van der Waals surface area contributed by atoms with Crippen molar-refractivity contribution in [2.45, 2.75) is 30.0 Å². The topological polar surface area (TPSA) is 95.9 Å². The zero-order chi connectivity index (χ0) is 18.9. The van der Waals surface area contributed by atoms with E-state index >= 15 is 0 Å². The number of benzene rings is 1. The zero-order valence-corrected chi connectivity index (χ0v) is 16.6. The first-order chi connectivity index (χ1) is 11.5. The maximum atomic E-state index is 12.1. The van der Waals surface area contributed by atoms with Gasteiger partial charge in [-0.3, -0.25) is 4.99 Å². The summed E-state index contributed by atoms with van der Waals surface area (Å²) in [6.07, 6.45) is 1.17. The van der Waals surface area contributed by atoms with Crippen molar-refractivity contribution in [3.8, 4) is 0 Å². The van der Waals surface area contributed by atoms with Gasteiger partial charge in [0.2, 0.25) is 0 Å². The molecule has 9 heteroatoms. The molecule has 7 nitrogen and oxygen atoms in total. The highest BCUT2D eigenvalue weighted by molar-refractivity contribution is 7.92. The highest BCUT2D eigenvalue weighted by atomic mass is 32.2. The summed E-state index contributed by atoms with van der Waals surface area (Å²) in [5.41, 5.74) is 0.914. The minimum Gasteiger partial charge on any atom is -0.352 e. The van der Waals surface area contributed by atoms with Gasteiger partial charge < -0.3 is 10.2 Å². The molecular formula is C16H25N3O4S2. The van der Waals surface area contributed by atoms with Crippen LogP contribution in [0.15, 0.2) is 34.2 Å². The molecule has 140 valence electrons. The summed E-state index contributed by atoms with van der Waals surface area (Å²) in [5.74, 6) is 0.735. The maximum absolute atomic E-state index is 12.1. The number of aliphatic imine (C=N–C) groups is 1. The van der Waals surface area contributed by atoms with Gasteiger partial charge in [-0.05, 0) is 31.5 Å². The molecular weight excluding hydrogens is 362 g/mol. The van der Waals surface area contributed by atoms with E-state index in [0.717, 1.165) is 5.56 Å². The first-order valence-electron chi connectivity index (χ1n) is 7.93. The third-order valence-electron chi connectivity index (χ3n) is 4.36. The SMILES string of the molecule is CN=C(NCc1ccc(S(C)(=O)=O)cc1)N1CCS(=O)(=O)C(C)(C)C1. The molecule has 1 heterocycles. The number of nitrogens with one attached hydrogen (secondary N) is 1. The van der Waals surface area contributed by atoms with Gasteiger partial charge in [0.25, 0.3) is 0 Å². The van der Waals surface area contributed by atoms with Crippen molar-refractivity contribution in [3.05, 3.63) is 29.8 Å². The molecule has 1 aromatic rings. The van der Waals surface area contributed by atoms with E-state index in [2.05, 4.69) is 10.3 Å². The second-order valence-corrected chi connectivity index (χ2v) is 11.6. The second-order valence-electron chi connectivity index (χ2n) is 6.82. The quantitative estimate of drug-likeness (QED) is 0.605. The van der Waals surface area contributed by atoms with Crippen LogP contribution < -0.4 is 5.32 Å². The number of guanidine groups is 1. The number of hydrogen-bond donors (Lipinski definition) is 1. The predicted molar refractivity (Wildman–Crippen MR) is 99.2 cm³/mol. The molecule has 0 bridgehead atoms. The maximum Gasteiger partial charge on any atom is 0.193 e. The van der Waals surface area contributed by atoms with Gasteiger partial charge in [0.05, 0.1) is 15.4 Å². The van der Waals surface area contributed by atoms with Crippen LogP contribution in [0.1, 0.15) is 19.4 Å². The summed E-state index contributed by atoms with van der Waals surface area (Å²) < 4.78 is 46.4. The van der Waals surface area contributed by atoms with Crippen molar-refractivity contribution in [2.24, 2.45) is 4.99 Å². The molecule has 2 rings (SSSR count). The molecule has 0 unspecified atom stereocenters. The molecule has 1 aliphatic rings. The summed E-state index contributed by atoms with van der Waals surface area (Å²) >= 11 is 0. The Kier molecular flexibility index (Phi) is 5.48. The fourth-order valence-corrected chi connectivity index (χ4v) is 4.69. The Morgan fingerprint density at radius 1 is 1.28 bits per heavy atom. The van der Waals surface area contributed by atoms with Gasteiger partial charge >= 0.3 is 0 Å². The highest BCUT2D eigenvalue weighted by Crippen LogP contribution is 2.23. The summed E-state index contributed by atoms with van der Waals surface area (Å²) in [6, 6.07) is 6.65. The largest absolute Gasteiger partial charge is 0.352 e. The third-order valence-corrected chi connectivity index (χ3v) is 8.02. The van der Waals surface area contributed by atoms with Crippen LogP contribution in [0.25, 0.3) is 0 Å². The van der Waals surface area contributed by atoms with Crippen molar-refractivity contribution >= 4 is 25.6 Å². The first-order valence-corrected chi connectivity index (χ1v) is 11.5. The Morgan fingerprint density at radius 2 is 1.88 bits per heavy atom. The lowest BCUT2D eigenvalue weighted by Gasteiger charge is -2.39. The van der Waals surface area contributed by atoms with E-state index < -0.39 is 24.4 Å². The Morgan fingerprint density at radius 3 is 2.36 bits per heavy atom. The second kappa shape index (κ2) is 6.95. The van der Waals surface area contributed by atoms with Crippen molar-refractivity contribution in [2.75, 3.05) is 32.1 Å². The molecule has 0 radical (unpaired) electrons. The van der Waals surface area contributed by atoms with E-state index in [9.17, 15) is 16.8 Å². The molecule has 0 saturated carbocycles. The molecule has 0 aromatic heterocycles. The molecule has 0 atom stereocenters. The summed E-state index contributed by atoms with van der Waals surface area (Å²) in [4.78, 5) is 6.46. The number of sulfone groups is 2. The van der Waals surface area contributed by atoms with Gasteiger partial charge in [0.15, 0.2) is 25.6 Å². The van der Waals surface area contributed by atoms with Gasteiger partial charge in [-0.25, -0.2) is 16.8 Å². The summed E-state index contributed by atoms with van der Waals surface area (Å²) in [5, 5.41) is 3.21. The molecule has 1 aromatic carbocycles. The highest BCUT2D eigenvalue weighted by Gasteiger charge is 2.40. The molecule has 1 N–H and O–H groups in total. The predicted octanol–water partition coefficient (Wildman–Crippen LogP) is 0.675. The lowest BCUT2D eigenvalue weighted by Crippen LogP contribution is -2.57. The van der Waals surface area contributed by atoms with Crippen LogP contribution in [0.3, 0.4) is 0 Å². The van der Waals surface area contributed by atoms with E-state index in [1.54, 1.807) is 45.2 Å². The van der Waals surface area contributed by atoms with E-state index in [1.807, 2.05) is 4.90 Å². The minimum atomic E-state index is -3.21. The lowest BCUT2D eigenvalue weighted by atomic mass is 10.2. The standard InChI is InChI=1S/C16H25N3O4S2/c1-16(2)12-19(9-10-25(16,22)23)15(17-3)18-11-13-5-7-14(8-6-13)24(4,20)21/h5-8H,9-12H2,1-4H3,(H,17,18). The normalized spacial score (nSPS) is 20.3. The Hall–Kier alpha value is -1.61. The van der Waals surface area contributed by atoms with Gasteiger partial charge in [-0.15, -0.1) is 0 Å². The van der Waals surface area contributed by atoms with E-state index in [-0.39, 0.29) is 10.6 Å². The monoisotopic (exact) mass is 387 g/mol. The van der Waals surface area contributed by atoms with Crippen LogP contribution in [0, 0.1) is 0 Å². The van der Waals surface area contributed by atoms with Crippen LogP contribution in [-0.4, -0.2) is 64.6 Å². The molecule has 25 heavy (non-hydrogen) atoms. The van der Waals surface area contributed by atoms with Crippen LogP contribution in [0.2, 0.25) is 0 Å². The van der Waals surface area contributed by atoms with E-state index in [1.165, 1.54) is 6.26 Å². The molecule has 0 amide bonds. The number of hydrogen-bond acceptors (Lipinski definition) is 5. The van der Waals surface area contributed by atoms with Crippen LogP contribution in [0.4, 0.5) is 0 Å². The van der Waals surface area contributed by atoms with Gasteiger partial charge in [-0.1, -0.05) is 12.1 Å². The van der Waals surface area contributed by atoms with Crippen molar-refractivity contribution in [1.82, 2.24) is 10.2 Å². The van der Waals surface area contributed by atoms with Crippen molar-refractivity contribution < 1.29 is 16.8 Å². The Labute approximate surface area is 150 Å². The van der Waals surface area contributed by atoms with Gasteiger partial charge in [0, 0.05) is 32.9 Å². The third kappa shape index (κ3) is 4.52. The molecule has 0 aliphatic carbocycles. The Bertz CT molecular complexity index is 857.